The Labute approximate surface area is 126 Å². The first kappa shape index (κ1) is 15.6. The van der Waals surface area contributed by atoms with Crippen LogP contribution >= 0.6 is 0 Å². The molecule has 0 aromatic heterocycles. The van der Waals surface area contributed by atoms with Crippen LogP contribution in [0.15, 0.2) is 36.4 Å². The molecule has 0 spiro atoms. The molecule has 1 aromatic rings. The molecule has 1 aliphatic heterocycles. The van der Waals surface area contributed by atoms with E-state index in [0.29, 0.717) is 24.1 Å². The lowest BCUT2D eigenvalue weighted by molar-refractivity contribution is -0.118. The number of amides is 1. The summed E-state index contributed by atoms with van der Waals surface area (Å²) in [5.41, 5.74) is 1.66. The number of hydrogen-bond acceptors (Lipinski definition) is 3. The van der Waals surface area contributed by atoms with Crippen molar-refractivity contribution in [3.63, 3.8) is 0 Å². The van der Waals surface area contributed by atoms with Gasteiger partial charge in [0, 0.05) is 6.04 Å². The fourth-order valence-electron chi connectivity index (χ4n) is 2.46. The molecule has 0 bridgehead atoms. The van der Waals surface area contributed by atoms with Crippen LogP contribution in [0.5, 0.6) is 5.75 Å². The number of benzene rings is 1. The van der Waals surface area contributed by atoms with E-state index in [1.807, 2.05) is 31.2 Å². The van der Waals surface area contributed by atoms with Crippen LogP contribution in [0, 0.1) is 0 Å². The molecular weight excluding hydrogens is 264 g/mol. The Morgan fingerprint density at radius 1 is 1.43 bits per heavy atom. The maximum Gasteiger partial charge on any atom is 0.241 e. The van der Waals surface area contributed by atoms with Gasteiger partial charge in [0.2, 0.25) is 5.91 Å². The van der Waals surface area contributed by atoms with Gasteiger partial charge in [0.25, 0.3) is 0 Å². The van der Waals surface area contributed by atoms with E-state index in [4.69, 9.17) is 4.74 Å². The highest BCUT2D eigenvalue weighted by molar-refractivity contribution is 5.96. The van der Waals surface area contributed by atoms with E-state index in [9.17, 15) is 4.79 Å². The Kier molecular flexibility index (Phi) is 5.39. The molecule has 2 atom stereocenters. The Bertz CT molecular complexity index is 513. The van der Waals surface area contributed by atoms with Gasteiger partial charge in [-0.3, -0.25) is 4.79 Å². The molecule has 2 rings (SSSR count). The first-order valence-electron chi connectivity index (χ1n) is 7.49. The second-order valence-corrected chi connectivity index (χ2v) is 5.78. The fourth-order valence-corrected chi connectivity index (χ4v) is 2.46. The zero-order valence-electron chi connectivity index (χ0n) is 12.8. The molecule has 1 fully saturated rings. The van der Waals surface area contributed by atoms with E-state index >= 15 is 0 Å². The van der Waals surface area contributed by atoms with Gasteiger partial charge in [-0.15, -0.1) is 0 Å². The summed E-state index contributed by atoms with van der Waals surface area (Å²) in [6.45, 7) is 8.30. The first-order valence-corrected chi connectivity index (χ1v) is 7.49. The molecule has 2 unspecified atom stereocenters. The molecule has 21 heavy (non-hydrogen) atoms. The van der Waals surface area contributed by atoms with Crippen molar-refractivity contribution in [3.05, 3.63) is 36.4 Å². The zero-order valence-corrected chi connectivity index (χ0v) is 12.8. The minimum atomic E-state index is -0.122. The summed E-state index contributed by atoms with van der Waals surface area (Å²) in [6.07, 6.45) is 3.09. The number of carbonyl (C=O) groups excluding carboxylic acids is 1. The lowest BCUT2D eigenvalue weighted by atomic mass is 9.99. The number of carbonyl (C=O) groups is 1. The minimum Gasteiger partial charge on any atom is -0.487 e. The number of nitrogens with one attached hydrogen (secondary N) is 2. The third-order valence-electron chi connectivity index (χ3n) is 3.55. The molecule has 4 heteroatoms. The number of para-hydroxylation sites is 2. The molecule has 1 amide bonds. The number of hydrogen-bond donors (Lipinski definition) is 2. The van der Waals surface area contributed by atoms with Gasteiger partial charge in [0.1, 0.15) is 12.4 Å². The van der Waals surface area contributed by atoms with Gasteiger partial charge >= 0.3 is 0 Å². The molecule has 1 saturated heterocycles. The summed E-state index contributed by atoms with van der Waals surface area (Å²) in [7, 11) is 0. The Balaban J connectivity index is 2.01. The van der Waals surface area contributed by atoms with Crippen LogP contribution in [-0.2, 0) is 4.79 Å². The standard InChI is InChI=1S/C17H24N2O2/c1-12(2)11-21-16-10-5-4-8-14(16)19-17(20)15-9-6-7-13(3)18-15/h4-5,8,10,13,15,18H,1,6-7,9,11H2,2-3H3,(H,19,20). The van der Waals surface area contributed by atoms with Crippen LogP contribution < -0.4 is 15.4 Å². The van der Waals surface area contributed by atoms with E-state index in [1.165, 1.54) is 0 Å². The van der Waals surface area contributed by atoms with Gasteiger partial charge in [-0.2, -0.15) is 0 Å². The molecular formula is C17H24N2O2. The zero-order chi connectivity index (χ0) is 15.2. The quantitative estimate of drug-likeness (QED) is 0.819. The third kappa shape index (κ3) is 4.60. The van der Waals surface area contributed by atoms with Crippen LogP contribution in [-0.4, -0.2) is 24.6 Å². The van der Waals surface area contributed by atoms with E-state index in [0.717, 1.165) is 24.8 Å². The highest BCUT2D eigenvalue weighted by atomic mass is 16.5. The summed E-state index contributed by atoms with van der Waals surface area (Å²) in [6, 6.07) is 7.77. The number of ether oxygens (including phenoxy) is 1. The van der Waals surface area contributed by atoms with E-state index in [-0.39, 0.29) is 11.9 Å². The second kappa shape index (κ2) is 7.27. The van der Waals surface area contributed by atoms with Crippen molar-refractivity contribution < 1.29 is 9.53 Å². The summed E-state index contributed by atoms with van der Waals surface area (Å²) in [4.78, 5) is 12.4. The van der Waals surface area contributed by atoms with Crippen molar-refractivity contribution in [2.24, 2.45) is 0 Å². The predicted octanol–water partition coefficient (Wildman–Crippen LogP) is 3.11. The van der Waals surface area contributed by atoms with Crippen LogP contribution in [0.4, 0.5) is 5.69 Å². The SMILES string of the molecule is C=C(C)COc1ccccc1NC(=O)C1CCCC(C)N1. The van der Waals surface area contributed by atoms with E-state index in [2.05, 4.69) is 24.1 Å². The van der Waals surface area contributed by atoms with Crippen molar-refractivity contribution >= 4 is 11.6 Å². The molecule has 1 aromatic carbocycles. The number of rotatable bonds is 5. The second-order valence-electron chi connectivity index (χ2n) is 5.78. The van der Waals surface area contributed by atoms with Crippen LogP contribution in [0.25, 0.3) is 0 Å². The van der Waals surface area contributed by atoms with Gasteiger partial charge in [0.05, 0.1) is 11.7 Å². The normalized spacial score (nSPS) is 21.6. The largest absolute Gasteiger partial charge is 0.487 e. The molecule has 114 valence electrons. The maximum atomic E-state index is 12.4. The third-order valence-corrected chi connectivity index (χ3v) is 3.55. The molecule has 0 aliphatic carbocycles. The Morgan fingerprint density at radius 2 is 2.19 bits per heavy atom. The molecule has 1 aliphatic rings. The summed E-state index contributed by atoms with van der Waals surface area (Å²) >= 11 is 0. The van der Waals surface area contributed by atoms with Crippen molar-refractivity contribution in [2.75, 3.05) is 11.9 Å². The lowest BCUT2D eigenvalue weighted by Crippen LogP contribution is -2.47. The summed E-state index contributed by atoms with van der Waals surface area (Å²) < 4.78 is 5.67. The minimum absolute atomic E-state index is 0.00734. The molecule has 1 heterocycles. The molecule has 0 radical (unpaired) electrons. The Morgan fingerprint density at radius 3 is 2.90 bits per heavy atom. The van der Waals surface area contributed by atoms with Gasteiger partial charge in [-0.25, -0.2) is 0 Å². The molecule has 2 N–H and O–H groups in total. The van der Waals surface area contributed by atoms with Gasteiger partial charge in [-0.1, -0.05) is 18.7 Å². The maximum absolute atomic E-state index is 12.4. The average Bonchev–Trinajstić information content (AvgIpc) is 2.46. The smallest absolute Gasteiger partial charge is 0.241 e. The fraction of sp³-hybridized carbons (Fsp3) is 0.471. The van der Waals surface area contributed by atoms with Crippen molar-refractivity contribution in [3.8, 4) is 5.75 Å². The highest BCUT2D eigenvalue weighted by Crippen LogP contribution is 2.25. The lowest BCUT2D eigenvalue weighted by Gasteiger charge is -2.28. The highest BCUT2D eigenvalue weighted by Gasteiger charge is 2.24. The van der Waals surface area contributed by atoms with Crippen molar-refractivity contribution in [1.82, 2.24) is 5.32 Å². The summed E-state index contributed by atoms with van der Waals surface area (Å²) in [5, 5.41) is 6.31. The van der Waals surface area contributed by atoms with Crippen LogP contribution in [0.2, 0.25) is 0 Å². The Hall–Kier alpha value is -1.81. The van der Waals surface area contributed by atoms with E-state index in [1.54, 1.807) is 0 Å². The molecule has 0 saturated carbocycles. The topological polar surface area (TPSA) is 50.4 Å². The van der Waals surface area contributed by atoms with Crippen LogP contribution in [0.3, 0.4) is 0 Å². The predicted molar refractivity (Wildman–Crippen MR) is 85.6 cm³/mol. The number of piperidine rings is 1. The average molecular weight is 288 g/mol. The van der Waals surface area contributed by atoms with Gasteiger partial charge < -0.3 is 15.4 Å². The first-order chi connectivity index (χ1) is 10.1. The van der Waals surface area contributed by atoms with E-state index < -0.39 is 0 Å². The van der Waals surface area contributed by atoms with Crippen molar-refractivity contribution in [1.29, 1.82) is 0 Å². The van der Waals surface area contributed by atoms with Gasteiger partial charge in [-0.05, 0) is 50.8 Å². The molecule has 4 nitrogen and oxygen atoms in total. The van der Waals surface area contributed by atoms with Crippen molar-refractivity contribution in [2.45, 2.75) is 45.2 Å². The number of anilines is 1. The monoisotopic (exact) mass is 288 g/mol. The van der Waals surface area contributed by atoms with Crippen LogP contribution in [0.1, 0.15) is 33.1 Å². The summed E-state index contributed by atoms with van der Waals surface area (Å²) in [5.74, 6) is 0.686. The van der Waals surface area contributed by atoms with Gasteiger partial charge in [0.15, 0.2) is 0 Å².